The first-order chi connectivity index (χ1) is 8.72. The van der Waals surface area contributed by atoms with Gasteiger partial charge in [-0.2, -0.15) is 0 Å². The predicted octanol–water partition coefficient (Wildman–Crippen LogP) is 3.64. The van der Waals surface area contributed by atoms with Gasteiger partial charge in [0.25, 0.3) is 0 Å². The third-order valence-corrected chi connectivity index (χ3v) is 3.73. The molecule has 1 aromatic carbocycles. The highest BCUT2D eigenvalue weighted by atomic mass is 16.5. The molecule has 0 heterocycles. The standard InChI is InChI=1S/C16H22O2/c1-3-12-6-5-7-14(8-12)16(17)11-13-9-15(10-13)18-4-2/h5-8,13,15H,3-4,9-11H2,1-2H3. The lowest BCUT2D eigenvalue weighted by atomic mass is 9.78. The lowest BCUT2D eigenvalue weighted by molar-refractivity contribution is -0.0246. The highest BCUT2D eigenvalue weighted by Gasteiger charge is 2.31. The number of carbonyl (C=O) groups is 1. The van der Waals surface area contributed by atoms with E-state index >= 15 is 0 Å². The Morgan fingerprint density at radius 3 is 2.78 bits per heavy atom. The predicted molar refractivity (Wildman–Crippen MR) is 72.9 cm³/mol. The molecule has 0 aliphatic heterocycles. The van der Waals surface area contributed by atoms with Crippen LogP contribution in [0.25, 0.3) is 0 Å². The van der Waals surface area contributed by atoms with Gasteiger partial charge in [-0.05, 0) is 43.7 Å². The average molecular weight is 246 g/mol. The van der Waals surface area contributed by atoms with Crippen molar-refractivity contribution in [1.29, 1.82) is 0 Å². The summed E-state index contributed by atoms with van der Waals surface area (Å²) in [5, 5.41) is 0. The topological polar surface area (TPSA) is 26.3 Å². The molecule has 1 aliphatic rings. The Morgan fingerprint density at radius 2 is 2.11 bits per heavy atom. The first-order valence-electron chi connectivity index (χ1n) is 6.96. The molecular formula is C16H22O2. The van der Waals surface area contributed by atoms with E-state index in [0.717, 1.165) is 31.4 Å². The van der Waals surface area contributed by atoms with Crippen LogP contribution in [-0.2, 0) is 11.2 Å². The summed E-state index contributed by atoms with van der Waals surface area (Å²) in [4.78, 5) is 12.1. The van der Waals surface area contributed by atoms with Crippen LogP contribution in [0.5, 0.6) is 0 Å². The zero-order valence-electron chi connectivity index (χ0n) is 11.3. The molecule has 98 valence electrons. The van der Waals surface area contributed by atoms with Crippen molar-refractivity contribution < 1.29 is 9.53 Å². The first kappa shape index (κ1) is 13.3. The Balaban J connectivity index is 1.85. The number of ether oxygens (including phenoxy) is 1. The number of aryl methyl sites for hydroxylation is 1. The summed E-state index contributed by atoms with van der Waals surface area (Å²) in [7, 11) is 0. The van der Waals surface area contributed by atoms with E-state index in [4.69, 9.17) is 4.74 Å². The van der Waals surface area contributed by atoms with Gasteiger partial charge in [0, 0.05) is 18.6 Å². The monoisotopic (exact) mass is 246 g/mol. The summed E-state index contributed by atoms with van der Waals surface area (Å²) in [5.74, 6) is 0.810. The maximum atomic E-state index is 12.1. The molecule has 1 fully saturated rings. The normalized spacial score (nSPS) is 22.6. The van der Waals surface area contributed by atoms with Crippen LogP contribution in [0.1, 0.15) is 49.0 Å². The van der Waals surface area contributed by atoms with Crippen LogP contribution in [0.4, 0.5) is 0 Å². The molecule has 1 saturated carbocycles. The van der Waals surface area contributed by atoms with E-state index in [1.165, 1.54) is 5.56 Å². The summed E-state index contributed by atoms with van der Waals surface area (Å²) < 4.78 is 5.52. The smallest absolute Gasteiger partial charge is 0.163 e. The maximum absolute atomic E-state index is 12.1. The molecule has 1 aliphatic carbocycles. The van der Waals surface area contributed by atoms with Gasteiger partial charge in [-0.1, -0.05) is 25.1 Å². The largest absolute Gasteiger partial charge is 0.378 e. The van der Waals surface area contributed by atoms with Crippen molar-refractivity contribution in [2.75, 3.05) is 6.61 Å². The third kappa shape index (κ3) is 3.20. The van der Waals surface area contributed by atoms with Crippen LogP contribution in [0.2, 0.25) is 0 Å². The number of carbonyl (C=O) groups excluding carboxylic acids is 1. The molecule has 2 heteroatoms. The van der Waals surface area contributed by atoms with Crippen molar-refractivity contribution in [1.82, 2.24) is 0 Å². The van der Waals surface area contributed by atoms with Gasteiger partial charge in [-0.25, -0.2) is 0 Å². The van der Waals surface area contributed by atoms with Gasteiger partial charge in [0.05, 0.1) is 6.10 Å². The summed E-state index contributed by atoms with van der Waals surface area (Å²) in [6, 6.07) is 8.02. The lowest BCUT2D eigenvalue weighted by Crippen LogP contribution is -2.32. The highest BCUT2D eigenvalue weighted by Crippen LogP contribution is 2.33. The van der Waals surface area contributed by atoms with E-state index in [0.29, 0.717) is 18.4 Å². The van der Waals surface area contributed by atoms with E-state index in [9.17, 15) is 4.79 Å². The molecule has 0 radical (unpaired) electrons. The number of hydrogen-bond acceptors (Lipinski definition) is 2. The molecule has 0 atom stereocenters. The number of Topliss-reactive ketones (excluding diaryl/α,β-unsaturated/α-hetero) is 1. The van der Waals surface area contributed by atoms with Crippen molar-refractivity contribution >= 4 is 5.78 Å². The van der Waals surface area contributed by atoms with Crippen LogP contribution in [-0.4, -0.2) is 18.5 Å². The van der Waals surface area contributed by atoms with Crippen molar-refractivity contribution in [2.24, 2.45) is 5.92 Å². The van der Waals surface area contributed by atoms with Gasteiger partial charge in [-0.3, -0.25) is 4.79 Å². The van der Waals surface area contributed by atoms with Gasteiger partial charge in [0.15, 0.2) is 5.78 Å². The van der Waals surface area contributed by atoms with Crippen LogP contribution in [0, 0.1) is 5.92 Å². The SMILES string of the molecule is CCOC1CC(CC(=O)c2cccc(CC)c2)C1. The number of hydrogen-bond donors (Lipinski definition) is 0. The molecule has 1 aromatic rings. The Labute approximate surface area is 109 Å². The molecule has 0 aromatic heterocycles. The minimum atomic E-state index is 0.283. The van der Waals surface area contributed by atoms with Gasteiger partial charge >= 0.3 is 0 Å². The van der Waals surface area contributed by atoms with Crippen LogP contribution in [0.3, 0.4) is 0 Å². The lowest BCUT2D eigenvalue weighted by Gasteiger charge is -2.34. The minimum absolute atomic E-state index is 0.283. The second-order valence-electron chi connectivity index (χ2n) is 5.10. The van der Waals surface area contributed by atoms with Crippen molar-refractivity contribution in [3.05, 3.63) is 35.4 Å². The second-order valence-corrected chi connectivity index (χ2v) is 5.10. The molecule has 2 nitrogen and oxygen atoms in total. The van der Waals surface area contributed by atoms with Crippen LogP contribution in [0.15, 0.2) is 24.3 Å². The summed E-state index contributed by atoms with van der Waals surface area (Å²) >= 11 is 0. The van der Waals surface area contributed by atoms with Crippen LogP contribution >= 0.6 is 0 Å². The molecule has 18 heavy (non-hydrogen) atoms. The Hall–Kier alpha value is -1.15. The van der Waals surface area contributed by atoms with Gasteiger partial charge in [-0.15, -0.1) is 0 Å². The van der Waals surface area contributed by atoms with Gasteiger partial charge in [0.2, 0.25) is 0 Å². The number of rotatable bonds is 6. The molecule has 0 bridgehead atoms. The minimum Gasteiger partial charge on any atom is -0.378 e. The van der Waals surface area contributed by atoms with Gasteiger partial charge < -0.3 is 4.74 Å². The quantitative estimate of drug-likeness (QED) is 0.716. The van der Waals surface area contributed by atoms with Crippen molar-refractivity contribution in [2.45, 2.75) is 45.6 Å². The fraction of sp³-hybridized carbons (Fsp3) is 0.562. The fourth-order valence-electron chi connectivity index (χ4n) is 2.56. The van der Waals surface area contributed by atoms with Gasteiger partial charge in [0.1, 0.15) is 0 Å². The zero-order chi connectivity index (χ0) is 13.0. The van der Waals surface area contributed by atoms with Crippen molar-refractivity contribution in [3.8, 4) is 0 Å². The molecule has 2 rings (SSSR count). The maximum Gasteiger partial charge on any atom is 0.163 e. The summed E-state index contributed by atoms with van der Waals surface area (Å²) in [6.45, 7) is 4.92. The van der Waals surface area contributed by atoms with E-state index < -0.39 is 0 Å². The Kier molecular flexibility index (Phi) is 4.54. The van der Waals surface area contributed by atoms with E-state index in [1.807, 2.05) is 25.1 Å². The van der Waals surface area contributed by atoms with E-state index in [-0.39, 0.29) is 5.78 Å². The Bertz CT molecular complexity index is 405. The fourth-order valence-corrected chi connectivity index (χ4v) is 2.56. The molecule has 0 unspecified atom stereocenters. The second kappa shape index (κ2) is 6.14. The first-order valence-corrected chi connectivity index (χ1v) is 6.96. The average Bonchev–Trinajstić information content (AvgIpc) is 2.36. The Morgan fingerprint density at radius 1 is 1.33 bits per heavy atom. The van der Waals surface area contributed by atoms with Crippen molar-refractivity contribution in [3.63, 3.8) is 0 Å². The summed E-state index contributed by atoms with van der Waals surface area (Å²) in [6.07, 6.45) is 4.16. The number of benzene rings is 1. The molecular weight excluding hydrogens is 224 g/mol. The number of ketones is 1. The van der Waals surface area contributed by atoms with E-state index in [2.05, 4.69) is 13.0 Å². The molecule has 0 spiro atoms. The molecule has 0 N–H and O–H groups in total. The summed E-state index contributed by atoms with van der Waals surface area (Å²) in [5.41, 5.74) is 2.11. The van der Waals surface area contributed by atoms with E-state index in [1.54, 1.807) is 0 Å². The molecule has 0 amide bonds. The third-order valence-electron chi connectivity index (χ3n) is 3.73. The molecule has 0 saturated heterocycles. The zero-order valence-corrected chi connectivity index (χ0v) is 11.3. The van der Waals surface area contributed by atoms with Crippen LogP contribution < -0.4 is 0 Å². The highest BCUT2D eigenvalue weighted by molar-refractivity contribution is 5.96.